The van der Waals surface area contributed by atoms with Gasteiger partial charge in [0.05, 0.1) is 36.6 Å². The molecule has 14 aromatic rings. The van der Waals surface area contributed by atoms with Gasteiger partial charge in [-0.15, -0.1) is 125 Å². The first-order valence-corrected chi connectivity index (χ1v) is 48.8. The van der Waals surface area contributed by atoms with E-state index in [4.69, 9.17) is 30.6 Å². The van der Waals surface area contributed by atoms with Gasteiger partial charge in [0.2, 0.25) is 0 Å². The van der Waals surface area contributed by atoms with E-state index in [9.17, 15) is 0 Å². The van der Waals surface area contributed by atoms with E-state index in [1.54, 1.807) is 41.5 Å². The van der Waals surface area contributed by atoms with Crippen molar-refractivity contribution in [3.05, 3.63) is 370 Å². The number of hydrogen-bond donors (Lipinski definition) is 6. The van der Waals surface area contributed by atoms with Gasteiger partial charge in [0.1, 0.15) is 0 Å². The summed E-state index contributed by atoms with van der Waals surface area (Å²) in [7, 11) is 6.26. The van der Waals surface area contributed by atoms with Crippen molar-refractivity contribution in [3.63, 3.8) is 0 Å². The van der Waals surface area contributed by atoms with E-state index in [1.165, 1.54) is 205 Å². The molecule has 6 atom stereocenters. The molecule has 0 radical (unpaired) electrons. The van der Waals surface area contributed by atoms with Crippen LogP contribution in [0, 0.1) is 56.4 Å². The maximum absolute atomic E-state index is 8.56. The molecule has 6 N–H and O–H groups in total. The topological polar surface area (TPSA) is 179 Å². The van der Waals surface area contributed by atoms with Crippen LogP contribution in [0.5, 0.6) is 0 Å². The maximum Gasteiger partial charge on any atom is 3.00 e. The van der Waals surface area contributed by atoms with Gasteiger partial charge in [0, 0.05) is 52.7 Å². The van der Waals surface area contributed by atoms with Crippen molar-refractivity contribution in [1.29, 1.82) is 0 Å². The second kappa shape index (κ2) is 57.0. The smallest absolute Gasteiger partial charge is 0.508 e. The molecular formula is C120H136Ir3N9O6. The molecule has 724 valence electrons. The van der Waals surface area contributed by atoms with Crippen LogP contribution in [0.1, 0.15) is 217 Å². The number of hydrogen-bond acceptors (Lipinski definition) is 15. The summed E-state index contributed by atoms with van der Waals surface area (Å²) in [5.41, 5.74) is 21.8. The summed E-state index contributed by atoms with van der Waals surface area (Å²) >= 11 is 0. The molecule has 3 saturated carbocycles. The minimum Gasteiger partial charge on any atom is -0.508 e. The first-order valence-electron chi connectivity index (χ1n) is 48.8. The van der Waals surface area contributed by atoms with Crippen LogP contribution < -0.4 is 24.5 Å². The van der Waals surface area contributed by atoms with Gasteiger partial charge >= 0.3 is 60.3 Å². The van der Waals surface area contributed by atoms with Crippen molar-refractivity contribution >= 4 is 72.1 Å². The zero-order valence-corrected chi connectivity index (χ0v) is 88.5. The standard InChI is InChI=1S/3C21H20N.C14H16N2.2C14H12N2.3C5H12O2.3Ir/c2*1-3-7-16(8-4-1)18-11-12-19-15-22-21(14-20(19)13-18)17-9-5-2-6-10-17;1-3-7-16(8-4-1)18-11-12-20-19(15-18)13-14-22-21(20)17-9-5-2-6-10-17;3*1-15-11-16(12-7-3-2-4-8-12)14-10-6-5-9-13(14)15;3*1-4(6)3-5(2)7;;;/h3*2,5-6,9,11-16H,1,3-4,7-8H2;2-4,7,11H,5-6,9-10H2,1H3;2*2-7,9-11H,1H3;3*4-7H,3H2,1-2H3;;;/q3*-1;3*-2;;;;3*+3. The Balaban J connectivity index is 0.000000164. The van der Waals surface area contributed by atoms with Crippen molar-refractivity contribution in [2.24, 2.45) is 0 Å². The SMILES string of the molecule is CC(O)CC(C)O.CC(O)CC(C)O.CC(O)CC(C)O.CN1[CH-]N(c2[c-]cccc2)C2=C1CCCC2.CN1[CH-]N(c2[c-]cccc2)c2ccccc21.CN1[CH-]N(c2[c-]cccc2)c2ccccc21.[Ir+3].[Ir+3].[Ir+3].[c-]1ccccc1-c1cc2cc(C3CCCCC3)ccc2cn1.[c-]1ccccc1-c1cc2cc(C3CCCCC3)ccc2cn1.[c-]1ccccc1-c1nccc2cc(C3CCCCC3)ccc12. The van der Waals surface area contributed by atoms with E-state index in [0.29, 0.717) is 19.3 Å². The fraction of sp³-hybridized carbons (Fsp3) is 0.333. The summed E-state index contributed by atoms with van der Waals surface area (Å²) in [4.78, 5) is 26.8. The minimum absolute atomic E-state index is 0. The van der Waals surface area contributed by atoms with Gasteiger partial charge in [-0.1, -0.05) is 149 Å². The predicted octanol–water partition coefficient (Wildman–Crippen LogP) is 27.2. The zero-order valence-electron chi connectivity index (χ0n) is 81.3. The molecule has 4 aliphatic carbocycles. The Kier molecular flexibility index (Phi) is 45.4. The van der Waals surface area contributed by atoms with Crippen molar-refractivity contribution in [1.82, 2.24) is 19.9 Å². The first-order chi connectivity index (χ1) is 65.7. The Bertz CT molecular complexity index is 5590. The van der Waals surface area contributed by atoms with Gasteiger partial charge in [0.15, 0.2) is 0 Å². The number of aliphatic hydroxyl groups is 6. The third-order valence-corrected chi connectivity index (χ3v) is 25.4. The summed E-state index contributed by atoms with van der Waals surface area (Å²) in [5.74, 6) is 2.24. The van der Waals surface area contributed by atoms with Gasteiger partial charge in [-0.2, -0.15) is 111 Å². The normalized spacial score (nSPS) is 16.1. The average Bonchev–Trinajstić information content (AvgIpc) is 1.14. The summed E-state index contributed by atoms with van der Waals surface area (Å²) in [5, 5.41) is 58.9. The summed E-state index contributed by atoms with van der Waals surface area (Å²) in [6.45, 7) is 16.3. The van der Waals surface area contributed by atoms with Crippen LogP contribution in [-0.4, -0.2) is 108 Å². The third-order valence-electron chi connectivity index (χ3n) is 25.4. The molecule has 7 aliphatic rings. The number of benzene rings is 11. The molecule has 3 aromatic heterocycles. The van der Waals surface area contributed by atoms with Crippen LogP contribution in [0.4, 0.5) is 39.8 Å². The molecule has 3 fully saturated rings. The van der Waals surface area contributed by atoms with Crippen LogP contribution in [0.2, 0.25) is 0 Å². The van der Waals surface area contributed by atoms with Crippen molar-refractivity contribution in [2.75, 3.05) is 45.6 Å². The van der Waals surface area contributed by atoms with Gasteiger partial charge in [-0.05, 0) is 260 Å². The van der Waals surface area contributed by atoms with E-state index in [2.05, 4.69) is 286 Å². The fourth-order valence-corrected chi connectivity index (χ4v) is 18.8. The second-order valence-electron chi connectivity index (χ2n) is 36.7. The molecule has 0 spiro atoms. The second-order valence-corrected chi connectivity index (χ2v) is 36.7. The first kappa shape index (κ1) is 110. The summed E-state index contributed by atoms with van der Waals surface area (Å²) < 4.78 is 0. The molecule has 138 heavy (non-hydrogen) atoms. The van der Waals surface area contributed by atoms with Crippen LogP contribution in [0.15, 0.2) is 297 Å². The quantitative estimate of drug-likeness (QED) is 0.0534. The van der Waals surface area contributed by atoms with E-state index in [0.717, 1.165) is 68.6 Å². The minimum atomic E-state index is -0.375. The van der Waals surface area contributed by atoms with Crippen LogP contribution >= 0.6 is 0 Å². The molecule has 21 rings (SSSR count). The number of allylic oxidation sites excluding steroid dienone is 2. The van der Waals surface area contributed by atoms with E-state index >= 15 is 0 Å². The Labute approximate surface area is 862 Å². The monoisotopic (exact) mass is 2380 g/mol. The Morgan fingerprint density at radius 1 is 0.304 bits per heavy atom. The van der Waals surface area contributed by atoms with E-state index in [1.807, 2.05) is 122 Å². The molecule has 6 unspecified atom stereocenters. The number of anilines is 7. The number of rotatable bonds is 15. The molecule has 6 heterocycles. The number of nitrogens with zero attached hydrogens (tertiary/aromatic N) is 9. The number of fused-ring (bicyclic) bond motifs is 5. The summed E-state index contributed by atoms with van der Waals surface area (Å²) in [6.07, 6.45) is 30.6. The molecular weight excluding hydrogens is 2240 g/mol. The summed E-state index contributed by atoms with van der Waals surface area (Å²) in [6, 6.07) is 112. The largest absolute Gasteiger partial charge is 3.00 e. The number of aromatic nitrogens is 3. The Morgan fingerprint density at radius 3 is 0.986 bits per heavy atom. The number of aliphatic hydroxyl groups excluding tert-OH is 6. The van der Waals surface area contributed by atoms with Gasteiger partial charge in [-0.3, -0.25) is 0 Å². The molecule has 15 nitrogen and oxygen atoms in total. The van der Waals surface area contributed by atoms with Crippen LogP contribution in [-0.2, 0) is 60.3 Å². The molecule has 11 aromatic carbocycles. The predicted molar refractivity (Wildman–Crippen MR) is 558 cm³/mol. The van der Waals surface area contributed by atoms with Crippen molar-refractivity contribution < 1.29 is 91.0 Å². The third kappa shape index (κ3) is 32.5. The van der Waals surface area contributed by atoms with Gasteiger partial charge < -0.3 is 75.0 Å². The molecule has 0 bridgehead atoms. The van der Waals surface area contributed by atoms with Crippen LogP contribution in [0.25, 0.3) is 66.1 Å². The molecule has 0 saturated heterocycles. The van der Waals surface area contributed by atoms with Crippen molar-refractivity contribution in [2.45, 2.75) is 237 Å². The Hall–Kier alpha value is -10.1. The van der Waals surface area contributed by atoms with Gasteiger partial charge in [-0.25, -0.2) is 0 Å². The number of pyridine rings is 3. The van der Waals surface area contributed by atoms with E-state index < -0.39 is 0 Å². The molecule has 18 heteroatoms. The molecule has 0 amide bonds. The Morgan fingerprint density at radius 2 is 0.630 bits per heavy atom. The fourth-order valence-electron chi connectivity index (χ4n) is 18.8. The number of para-hydroxylation sites is 7. The molecule has 3 aliphatic heterocycles. The van der Waals surface area contributed by atoms with E-state index in [-0.39, 0.29) is 96.9 Å². The van der Waals surface area contributed by atoms with Gasteiger partial charge in [0.25, 0.3) is 0 Å². The average molecular weight is 2380 g/mol. The zero-order chi connectivity index (χ0) is 94.8. The van der Waals surface area contributed by atoms with Crippen LogP contribution in [0.3, 0.4) is 0 Å². The van der Waals surface area contributed by atoms with Crippen molar-refractivity contribution in [3.8, 4) is 33.8 Å². The maximum atomic E-state index is 8.56.